The summed E-state index contributed by atoms with van der Waals surface area (Å²) in [4.78, 5) is 18.5. The first-order valence-corrected chi connectivity index (χ1v) is 8.44. The number of carbonyl (C=O) groups excluding carboxylic acids is 1. The Balaban J connectivity index is 1.73. The van der Waals surface area contributed by atoms with Crippen molar-refractivity contribution in [3.05, 3.63) is 52.1 Å². The molecule has 5 nitrogen and oxygen atoms in total. The van der Waals surface area contributed by atoms with Crippen LogP contribution in [0.5, 0.6) is 11.6 Å². The van der Waals surface area contributed by atoms with Gasteiger partial charge in [0.25, 0.3) is 5.91 Å². The molecule has 1 atom stereocenters. The fourth-order valence-corrected chi connectivity index (χ4v) is 3.09. The summed E-state index contributed by atoms with van der Waals surface area (Å²) >= 11 is 12.0. The van der Waals surface area contributed by atoms with Crippen molar-refractivity contribution in [3.63, 3.8) is 0 Å². The number of pyridine rings is 1. The van der Waals surface area contributed by atoms with E-state index < -0.39 is 0 Å². The fourth-order valence-electron chi connectivity index (χ4n) is 2.76. The van der Waals surface area contributed by atoms with E-state index in [-0.39, 0.29) is 11.9 Å². The second-order valence-electron chi connectivity index (χ2n) is 5.57. The van der Waals surface area contributed by atoms with E-state index >= 15 is 0 Å². The zero-order valence-electron chi connectivity index (χ0n) is 12.9. The number of benzene rings is 1. The van der Waals surface area contributed by atoms with Gasteiger partial charge in [0.1, 0.15) is 10.8 Å². The van der Waals surface area contributed by atoms with E-state index in [1.165, 1.54) is 6.20 Å². The number of amides is 1. The van der Waals surface area contributed by atoms with E-state index in [1.54, 1.807) is 30.3 Å². The van der Waals surface area contributed by atoms with Crippen LogP contribution < -0.4 is 10.5 Å². The molecule has 0 saturated carbocycles. The van der Waals surface area contributed by atoms with E-state index in [0.29, 0.717) is 33.8 Å². The number of nitrogens with zero attached hydrogens (tertiary/aromatic N) is 2. The number of likely N-dealkylation sites (tertiary alicyclic amines) is 1. The van der Waals surface area contributed by atoms with Gasteiger partial charge in [0.05, 0.1) is 10.6 Å². The maximum Gasteiger partial charge on any atom is 0.255 e. The molecule has 2 N–H and O–H groups in total. The minimum atomic E-state index is -0.0530. The van der Waals surface area contributed by atoms with Crippen LogP contribution >= 0.6 is 23.2 Å². The van der Waals surface area contributed by atoms with Gasteiger partial charge in [-0.25, -0.2) is 4.98 Å². The molecule has 3 rings (SSSR count). The number of ether oxygens (including phenoxy) is 1. The van der Waals surface area contributed by atoms with Crippen molar-refractivity contribution in [1.29, 1.82) is 0 Å². The van der Waals surface area contributed by atoms with Crippen LogP contribution in [0.15, 0.2) is 36.5 Å². The monoisotopic (exact) mass is 365 g/mol. The number of nitrogens with two attached hydrogens (primary N) is 1. The number of aromatic nitrogens is 1. The summed E-state index contributed by atoms with van der Waals surface area (Å²) in [5.41, 5.74) is 6.24. The topological polar surface area (TPSA) is 68.5 Å². The molecule has 0 bridgehead atoms. The molecule has 2 heterocycles. The highest BCUT2D eigenvalue weighted by molar-refractivity contribution is 6.42. The van der Waals surface area contributed by atoms with Gasteiger partial charge in [0.15, 0.2) is 0 Å². The fraction of sp³-hybridized carbons (Fsp3) is 0.294. The van der Waals surface area contributed by atoms with Crippen LogP contribution in [0, 0.1) is 0 Å². The van der Waals surface area contributed by atoms with E-state index in [4.69, 9.17) is 33.7 Å². The Bertz CT molecular complexity index is 737. The van der Waals surface area contributed by atoms with Gasteiger partial charge in [-0.05, 0) is 31.0 Å². The normalized spacial score (nSPS) is 17.1. The molecular weight excluding hydrogens is 349 g/mol. The van der Waals surface area contributed by atoms with E-state index in [0.717, 1.165) is 19.4 Å². The molecule has 1 aliphatic rings. The average molecular weight is 366 g/mol. The largest absolute Gasteiger partial charge is 0.437 e. The third-order valence-corrected chi connectivity index (χ3v) is 4.83. The van der Waals surface area contributed by atoms with Gasteiger partial charge < -0.3 is 15.4 Å². The van der Waals surface area contributed by atoms with Crippen molar-refractivity contribution in [2.24, 2.45) is 5.73 Å². The van der Waals surface area contributed by atoms with Crippen LogP contribution in [0.2, 0.25) is 10.0 Å². The van der Waals surface area contributed by atoms with E-state index in [1.807, 2.05) is 4.90 Å². The van der Waals surface area contributed by atoms with Crippen molar-refractivity contribution < 1.29 is 9.53 Å². The van der Waals surface area contributed by atoms with E-state index in [9.17, 15) is 4.79 Å². The predicted molar refractivity (Wildman–Crippen MR) is 93.9 cm³/mol. The lowest BCUT2D eigenvalue weighted by atomic mass is 10.2. The highest BCUT2D eigenvalue weighted by Gasteiger charge is 2.28. The standard InChI is InChI=1S/C17H17Cl2N3O2/c18-13-4-1-5-14(16(13)19)24-15-7-6-11(10-21-15)17(23)22-8-2-3-12(22)9-20/h1,4-7,10,12H,2-3,8-9,20H2. The summed E-state index contributed by atoms with van der Waals surface area (Å²) in [6.45, 7) is 1.21. The lowest BCUT2D eigenvalue weighted by Crippen LogP contribution is -2.39. The Kier molecular flexibility index (Phi) is 5.23. The molecule has 0 radical (unpaired) electrons. The molecule has 0 spiro atoms. The molecule has 1 fully saturated rings. The molecule has 7 heteroatoms. The molecule has 1 unspecified atom stereocenters. The highest BCUT2D eigenvalue weighted by Crippen LogP contribution is 2.34. The van der Waals surface area contributed by atoms with Crippen LogP contribution in [-0.2, 0) is 0 Å². The Labute approximate surface area is 150 Å². The van der Waals surface area contributed by atoms with Crippen LogP contribution in [0.3, 0.4) is 0 Å². The number of hydrogen-bond donors (Lipinski definition) is 1. The SMILES string of the molecule is NCC1CCCN1C(=O)c1ccc(Oc2cccc(Cl)c2Cl)nc1. The molecule has 126 valence electrons. The zero-order chi connectivity index (χ0) is 17.1. The van der Waals surface area contributed by atoms with Crippen molar-refractivity contribution in [3.8, 4) is 11.6 Å². The van der Waals surface area contributed by atoms with Gasteiger partial charge in [-0.1, -0.05) is 29.3 Å². The van der Waals surface area contributed by atoms with Crippen LogP contribution in [0.4, 0.5) is 0 Å². The summed E-state index contributed by atoms with van der Waals surface area (Å²) in [5, 5.41) is 0.729. The summed E-state index contributed by atoms with van der Waals surface area (Å²) in [6, 6.07) is 8.55. The minimum Gasteiger partial charge on any atom is -0.437 e. The van der Waals surface area contributed by atoms with Crippen LogP contribution in [-0.4, -0.2) is 34.9 Å². The first-order chi connectivity index (χ1) is 11.6. The van der Waals surface area contributed by atoms with Gasteiger partial charge in [-0.3, -0.25) is 4.79 Å². The lowest BCUT2D eigenvalue weighted by Gasteiger charge is -2.23. The Hall–Kier alpha value is -1.82. The van der Waals surface area contributed by atoms with Crippen LogP contribution in [0.1, 0.15) is 23.2 Å². The summed E-state index contributed by atoms with van der Waals surface area (Å²) in [7, 11) is 0. The third-order valence-electron chi connectivity index (χ3n) is 4.02. The number of rotatable bonds is 4. The average Bonchev–Trinajstić information content (AvgIpc) is 3.08. The number of carbonyl (C=O) groups is 1. The lowest BCUT2D eigenvalue weighted by molar-refractivity contribution is 0.0740. The molecule has 24 heavy (non-hydrogen) atoms. The van der Waals surface area contributed by atoms with Crippen molar-refractivity contribution >= 4 is 29.1 Å². The number of halogens is 2. The number of hydrogen-bond acceptors (Lipinski definition) is 4. The van der Waals surface area contributed by atoms with E-state index in [2.05, 4.69) is 4.98 Å². The summed E-state index contributed by atoms with van der Waals surface area (Å²) in [5.74, 6) is 0.703. The summed E-state index contributed by atoms with van der Waals surface area (Å²) < 4.78 is 5.62. The Morgan fingerprint density at radius 3 is 2.88 bits per heavy atom. The smallest absolute Gasteiger partial charge is 0.255 e. The first kappa shape index (κ1) is 17.0. The maximum atomic E-state index is 12.5. The second kappa shape index (κ2) is 7.38. The molecule has 0 aliphatic carbocycles. The maximum absolute atomic E-state index is 12.5. The Morgan fingerprint density at radius 1 is 1.33 bits per heavy atom. The van der Waals surface area contributed by atoms with Gasteiger partial charge in [0.2, 0.25) is 5.88 Å². The van der Waals surface area contributed by atoms with Crippen molar-refractivity contribution in [1.82, 2.24) is 9.88 Å². The van der Waals surface area contributed by atoms with Gasteiger partial charge in [-0.2, -0.15) is 0 Å². The van der Waals surface area contributed by atoms with Gasteiger partial charge in [-0.15, -0.1) is 0 Å². The molecule has 1 amide bonds. The second-order valence-corrected chi connectivity index (χ2v) is 6.35. The quantitative estimate of drug-likeness (QED) is 0.895. The molecule has 1 aromatic carbocycles. The summed E-state index contributed by atoms with van der Waals surface area (Å²) in [6.07, 6.45) is 3.43. The predicted octanol–water partition coefficient (Wildman–Crippen LogP) is 3.74. The first-order valence-electron chi connectivity index (χ1n) is 7.69. The van der Waals surface area contributed by atoms with Crippen molar-refractivity contribution in [2.45, 2.75) is 18.9 Å². The molecule has 1 aromatic heterocycles. The van der Waals surface area contributed by atoms with Crippen LogP contribution in [0.25, 0.3) is 0 Å². The minimum absolute atomic E-state index is 0.0530. The van der Waals surface area contributed by atoms with Gasteiger partial charge in [0, 0.05) is 31.4 Å². The third kappa shape index (κ3) is 3.48. The molecular formula is C17H17Cl2N3O2. The van der Waals surface area contributed by atoms with Gasteiger partial charge >= 0.3 is 0 Å². The molecule has 1 saturated heterocycles. The molecule has 1 aliphatic heterocycles. The Morgan fingerprint density at radius 2 is 2.17 bits per heavy atom. The zero-order valence-corrected chi connectivity index (χ0v) is 14.4. The molecule has 2 aromatic rings. The van der Waals surface area contributed by atoms with Crippen molar-refractivity contribution in [2.75, 3.05) is 13.1 Å². The highest BCUT2D eigenvalue weighted by atomic mass is 35.5.